The predicted octanol–water partition coefficient (Wildman–Crippen LogP) is 1.93. The van der Waals surface area contributed by atoms with Crippen molar-refractivity contribution in [2.75, 3.05) is 30.5 Å². The molecule has 5 heteroatoms. The zero-order chi connectivity index (χ0) is 12.7. The fourth-order valence-electron chi connectivity index (χ4n) is 1.33. The first-order chi connectivity index (χ1) is 8.07. The molecule has 96 valence electrons. The van der Waals surface area contributed by atoms with Gasteiger partial charge in [0.25, 0.3) is 0 Å². The van der Waals surface area contributed by atoms with Crippen LogP contribution in [0.3, 0.4) is 0 Å². The van der Waals surface area contributed by atoms with E-state index in [0.29, 0.717) is 13.0 Å². The molecular weight excluding hydrogens is 238 g/mol. The molecule has 0 saturated carbocycles. The highest BCUT2D eigenvalue weighted by Gasteiger charge is 2.06. The smallest absolute Gasteiger partial charge is 0.150 e. The summed E-state index contributed by atoms with van der Waals surface area (Å²) in [6.45, 7) is 2.09. The summed E-state index contributed by atoms with van der Waals surface area (Å²) in [5.74, 6) is 1.15. The molecule has 1 rings (SSSR count). The topological polar surface area (TPSA) is 55.4 Å². The summed E-state index contributed by atoms with van der Waals surface area (Å²) < 4.78 is 27.9. The third-order valence-corrected chi connectivity index (χ3v) is 4.24. The number of benzene rings is 1. The van der Waals surface area contributed by atoms with Gasteiger partial charge in [0.1, 0.15) is 15.6 Å². The number of ether oxygens (including phenoxy) is 1. The van der Waals surface area contributed by atoms with E-state index in [0.717, 1.165) is 11.4 Å². The molecule has 0 unspecified atom stereocenters. The van der Waals surface area contributed by atoms with Crippen molar-refractivity contribution in [2.24, 2.45) is 0 Å². The molecule has 17 heavy (non-hydrogen) atoms. The summed E-state index contributed by atoms with van der Waals surface area (Å²) in [5, 5.41) is 3.01. The Labute approximate surface area is 103 Å². The molecule has 0 saturated heterocycles. The highest BCUT2D eigenvalue weighted by Crippen LogP contribution is 2.15. The molecule has 4 nitrogen and oxygen atoms in total. The Balaban J connectivity index is 2.31. The fourth-order valence-corrected chi connectivity index (χ4v) is 2.18. The number of hydrogen-bond donors (Lipinski definition) is 1. The van der Waals surface area contributed by atoms with Crippen molar-refractivity contribution in [3.8, 4) is 5.75 Å². The molecule has 0 aliphatic rings. The molecule has 0 aromatic heterocycles. The first kappa shape index (κ1) is 13.8. The van der Waals surface area contributed by atoms with Gasteiger partial charge < -0.3 is 10.1 Å². The van der Waals surface area contributed by atoms with Crippen LogP contribution in [-0.4, -0.2) is 33.6 Å². The summed E-state index contributed by atoms with van der Waals surface area (Å²) in [6.07, 6.45) is 0.532. The molecule has 0 fully saturated rings. The Kier molecular flexibility index (Phi) is 5.28. The summed E-state index contributed by atoms with van der Waals surface area (Å²) in [6, 6.07) is 7.55. The number of hydrogen-bond acceptors (Lipinski definition) is 4. The van der Waals surface area contributed by atoms with Gasteiger partial charge in [-0.1, -0.05) is 6.92 Å². The van der Waals surface area contributed by atoms with Crippen molar-refractivity contribution in [3.05, 3.63) is 24.3 Å². The summed E-state index contributed by atoms with van der Waals surface area (Å²) in [5.41, 5.74) is 1.02. The standard InChI is InChI=1S/C12H19NO3S/c1-3-17(14,15)10-4-9-16-12-7-5-11(13-2)6-8-12/h5-8,13H,3-4,9-10H2,1-2H3. The monoisotopic (exact) mass is 257 g/mol. The molecule has 0 aliphatic heterocycles. The van der Waals surface area contributed by atoms with Crippen molar-refractivity contribution < 1.29 is 13.2 Å². The highest BCUT2D eigenvalue weighted by molar-refractivity contribution is 7.91. The van der Waals surface area contributed by atoms with Crippen LogP contribution in [0.15, 0.2) is 24.3 Å². The van der Waals surface area contributed by atoms with Gasteiger partial charge in [-0.15, -0.1) is 0 Å². The highest BCUT2D eigenvalue weighted by atomic mass is 32.2. The van der Waals surface area contributed by atoms with E-state index in [2.05, 4.69) is 5.32 Å². The van der Waals surface area contributed by atoms with Crippen LogP contribution in [0.5, 0.6) is 5.75 Å². The Morgan fingerprint density at radius 2 is 1.88 bits per heavy atom. The Hall–Kier alpha value is -1.23. The third-order valence-electron chi connectivity index (χ3n) is 2.45. The lowest BCUT2D eigenvalue weighted by Crippen LogP contribution is -2.11. The Bertz CT molecular complexity index is 426. The molecule has 1 aromatic carbocycles. The minimum absolute atomic E-state index is 0.193. The maximum absolute atomic E-state index is 11.2. The fraction of sp³-hybridized carbons (Fsp3) is 0.500. The number of anilines is 1. The third kappa shape index (κ3) is 5.08. The lowest BCUT2D eigenvalue weighted by atomic mass is 10.3. The van der Waals surface area contributed by atoms with Gasteiger partial charge in [-0.2, -0.15) is 0 Å². The van der Waals surface area contributed by atoms with E-state index >= 15 is 0 Å². The molecular formula is C12H19NO3S. The average Bonchev–Trinajstić information content (AvgIpc) is 2.35. The SMILES string of the molecule is CCS(=O)(=O)CCCOc1ccc(NC)cc1. The first-order valence-electron chi connectivity index (χ1n) is 5.68. The van der Waals surface area contributed by atoms with Crippen LogP contribution in [0.2, 0.25) is 0 Å². The maximum Gasteiger partial charge on any atom is 0.150 e. The lowest BCUT2D eigenvalue weighted by Gasteiger charge is -2.07. The Morgan fingerprint density at radius 1 is 1.24 bits per heavy atom. The second kappa shape index (κ2) is 6.49. The van der Waals surface area contributed by atoms with E-state index < -0.39 is 9.84 Å². The normalized spacial score (nSPS) is 11.2. The van der Waals surface area contributed by atoms with Crippen LogP contribution in [-0.2, 0) is 9.84 Å². The van der Waals surface area contributed by atoms with Gasteiger partial charge >= 0.3 is 0 Å². The van der Waals surface area contributed by atoms with Crippen molar-refractivity contribution in [3.63, 3.8) is 0 Å². The molecule has 0 radical (unpaired) electrons. The van der Waals surface area contributed by atoms with Crippen LogP contribution < -0.4 is 10.1 Å². The van der Waals surface area contributed by atoms with Gasteiger partial charge in [0.15, 0.2) is 0 Å². The first-order valence-corrected chi connectivity index (χ1v) is 7.50. The van der Waals surface area contributed by atoms with E-state index in [4.69, 9.17) is 4.74 Å². The maximum atomic E-state index is 11.2. The van der Waals surface area contributed by atoms with Gasteiger partial charge in [-0.3, -0.25) is 0 Å². The van der Waals surface area contributed by atoms with Gasteiger partial charge in [0, 0.05) is 18.5 Å². The molecule has 0 heterocycles. The van der Waals surface area contributed by atoms with Gasteiger partial charge in [0.05, 0.1) is 12.4 Å². The number of rotatable bonds is 7. The minimum atomic E-state index is -2.87. The summed E-state index contributed by atoms with van der Waals surface area (Å²) in [4.78, 5) is 0. The van der Waals surface area contributed by atoms with Crippen LogP contribution in [0.25, 0.3) is 0 Å². The molecule has 1 N–H and O–H groups in total. The van der Waals surface area contributed by atoms with Crippen LogP contribution in [0, 0.1) is 0 Å². The largest absolute Gasteiger partial charge is 0.494 e. The van der Waals surface area contributed by atoms with E-state index in [1.54, 1.807) is 6.92 Å². The molecule has 0 amide bonds. The summed E-state index contributed by atoms with van der Waals surface area (Å²) in [7, 11) is -1.02. The van der Waals surface area contributed by atoms with Crippen molar-refractivity contribution >= 4 is 15.5 Å². The zero-order valence-corrected chi connectivity index (χ0v) is 11.1. The van der Waals surface area contributed by atoms with Crippen LogP contribution >= 0.6 is 0 Å². The van der Waals surface area contributed by atoms with Crippen LogP contribution in [0.1, 0.15) is 13.3 Å². The quantitative estimate of drug-likeness (QED) is 0.758. The van der Waals surface area contributed by atoms with E-state index in [1.807, 2.05) is 31.3 Å². The molecule has 0 atom stereocenters. The van der Waals surface area contributed by atoms with E-state index in [-0.39, 0.29) is 11.5 Å². The van der Waals surface area contributed by atoms with Gasteiger partial charge in [0.2, 0.25) is 0 Å². The van der Waals surface area contributed by atoms with E-state index in [9.17, 15) is 8.42 Å². The molecule has 0 bridgehead atoms. The van der Waals surface area contributed by atoms with Crippen molar-refractivity contribution in [1.82, 2.24) is 0 Å². The molecule has 0 aliphatic carbocycles. The summed E-state index contributed by atoms with van der Waals surface area (Å²) >= 11 is 0. The van der Waals surface area contributed by atoms with E-state index in [1.165, 1.54) is 0 Å². The second-order valence-electron chi connectivity index (χ2n) is 3.71. The average molecular weight is 257 g/mol. The lowest BCUT2D eigenvalue weighted by molar-refractivity contribution is 0.318. The Morgan fingerprint density at radius 3 is 2.41 bits per heavy atom. The van der Waals surface area contributed by atoms with Gasteiger partial charge in [-0.05, 0) is 30.7 Å². The molecule has 1 aromatic rings. The van der Waals surface area contributed by atoms with Crippen molar-refractivity contribution in [1.29, 1.82) is 0 Å². The predicted molar refractivity (Wildman–Crippen MR) is 70.4 cm³/mol. The van der Waals surface area contributed by atoms with Gasteiger partial charge in [-0.25, -0.2) is 8.42 Å². The molecule has 0 spiro atoms. The van der Waals surface area contributed by atoms with Crippen molar-refractivity contribution in [2.45, 2.75) is 13.3 Å². The zero-order valence-electron chi connectivity index (χ0n) is 10.3. The van der Waals surface area contributed by atoms with Crippen LogP contribution in [0.4, 0.5) is 5.69 Å². The second-order valence-corrected chi connectivity index (χ2v) is 6.19. The number of sulfone groups is 1. The minimum Gasteiger partial charge on any atom is -0.494 e. The number of nitrogens with one attached hydrogen (secondary N) is 1.